The van der Waals surface area contributed by atoms with Crippen LogP contribution in [0.5, 0.6) is 0 Å². The van der Waals surface area contributed by atoms with Crippen LogP contribution in [0.1, 0.15) is 11.8 Å². The van der Waals surface area contributed by atoms with Gasteiger partial charge in [0, 0.05) is 6.92 Å². The molecule has 0 aliphatic rings. The van der Waals surface area contributed by atoms with Crippen molar-refractivity contribution in [1.82, 2.24) is 10.2 Å². The Balaban J connectivity index is 3.03. The van der Waals surface area contributed by atoms with E-state index in [9.17, 15) is 0 Å². The number of aromatic nitrogens is 2. The quantitative estimate of drug-likeness (QED) is 0.349. The summed E-state index contributed by atoms with van der Waals surface area (Å²) < 4.78 is 4.79. The van der Waals surface area contributed by atoms with Gasteiger partial charge in [0.05, 0.1) is 0 Å². The standard InChI is InChI=1S/C5H4N4O2/c1-3-7-8-5(11-3)4(2-6)9-10/h10H,1H3/b9-4-. The van der Waals surface area contributed by atoms with Crippen LogP contribution in [-0.2, 0) is 0 Å². The van der Waals surface area contributed by atoms with E-state index in [1.165, 1.54) is 0 Å². The molecule has 0 spiro atoms. The maximum Gasteiger partial charge on any atom is 0.280 e. The molecule has 0 saturated heterocycles. The highest BCUT2D eigenvalue weighted by Crippen LogP contribution is 1.98. The molecule has 0 aromatic carbocycles. The van der Waals surface area contributed by atoms with Gasteiger partial charge in [0.2, 0.25) is 11.6 Å². The van der Waals surface area contributed by atoms with Crippen molar-refractivity contribution >= 4 is 5.71 Å². The molecule has 1 aromatic heterocycles. The van der Waals surface area contributed by atoms with Crippen molar-refractivity contribution in [3.8, 4) is 6.07 Å². The maximum absolute atomic E-state index is 8.32. The lowest BCUT2D eigenvalue weighted by molar-refractivity contribution is 0.318. The molecule has 56 valence electrons. The fraction of sp³-hybridized carbons (Fsp3) is 0.200. The highest BCUT2D eigenvalue weighted by Gasteiger charge is 2.09. The molecule has 6 heteroatoms. The lowest BCUT2D eigenvalue weighted by atomic mass is 10.4. The van der Waals surface area contributed by atoms with Crippen LogP contribution in [0.4, 0.5) is 0 Å². The van der Waals surface area contributed by atoms with E-state index in [1.54, 1.807) is 13.0 Å². The van der Waals surface area contributed by atoms with Crippen LogP contribution in [0, 0.1) is 18.3 Å². The topological polar surface area (TPSA) is 95.3 Å². The highest BCUT2D eigenvalue weighted by molar-refractivity contribution is 6.07. The molecule has 0 fully saturated rings. The van der Waals surface area contributed by atoms with E-state index >= 15 is 0 Å². The van der Waals surface area contributed by atoms with Gasteiger partial charge in [-0.05, 0) is 0 Å². The van der Waals surface area contributed by atoms with Gasteiger partial charge in [-0.1, -0.05) is 5.16 Å². The van der Waals surface area contributed by atoms with Crippen LogP contribution in [0.2, 0.25) is 0 Å². The SMILES string of the molecule is Cc1nnc(/C(C#N)=N\O)o1. The Bertz CT molecular complexity index is 321. The van der Waals surface area contributed by atoms with Gasteiger partial charge in [0.15, 0.2) is 0 Å². The number of rotatable bonds is 1. The van der Waals surface area contributed by atoms with Gasteiger partial charge < -0.3 is 9.62 Å². The first kappa shape index (κ1) is 7.21. The van der Waals surface area contributed by atoms with Crippen LogP contribution < -0.4 is 0 Å². The number of aryl methyl sites for hydroxylation is 1. The van der Waals surface area contributed by atoms with Gasteiger partial charge in [-0.2, -0.15) is 5.26 Å². The summed E-state index contributed by atoms with van der Waals surface area (Å²) in [5, 5.41) is 26.1. The Kier molecular flexibility index (Phi) is 1.83. The van der Waals surface area contributed by atoms with Gasteiger partial charge in [-0.25, -0.2) is 0 Å². The van der Waals surface area contributed by atoms with Crippen molar-refractivity contribution < 1.29 is 9.62 Å². The van der Waals surface area contributed by atoms with Gasteiger partial charge >= 0.3 is 0 Å². The van der Waals surface area contributed by atoms with Crippen molar-refractivity contribution in [3.05, 3.63) is 11.8 Å². The molecule has 0 unspecified atom stereocenters. The second-order valence-corrected chi connectivity index (χ2v) is 1.69. The first-order valence-corrected chi connectivity index (χ1v) is 2.70. The average Bonchev–Trinajstić information content (AvgIpc) is 2.39. The normalized spacial score (nSPS) is 11.1. The van der Waals surface area contributed by atoms with E-state index in [1.807, 2.05) is 0 Å². The number of nitrogens with zero attached hydrogens (tertiary/aromatic N) is 4. The molecule has 0 atom stereocenters. The lowest BCUT2D eigenvalue weighted by Gasteiger charge is -1.81. The molecule has 1 aromatic rings. The molecule has 11 heavy (non-hydrogen) atoms. The zero-order valence-corrected chi connectivity index (χ0v) is 5.64. The Morgan fingerprint density at radius 2 is 2.45 bits per heavy atom. The molecule has 1 rings (SSSR count). The molecule has 0 aliphatic heterocycles. The number of oxime groups is 1. The van der Waals surface area contributed by atoms with E-state index in [0.717, 1.165) is 0 Å². The third-order valence-electron chi connectivity index (χ3n) is 0.935. The molecule has 0 aliphatic carbocycles. The average molecular weight is 152 g/mol. The fourth-order valence-electron chi connectivity index (χ4n) is 0.505. The van der Waals surface area contributed by atoms with Gasteiger partial charge in [0.25, 0.3) is 5.89 Å². The molecule has 0 saturated carbocycles. The molecular weight excluding hydrogens is 148 g/mol. The Labute approximate surface area is 61.8 Å². The van der Waals surface area contributed by atoms with Gasteiger partial charge in [-0.3, -0.25) is 0 Å². The summed E-state index contributed by atoms with van der Waals surface area (Å²) in [4.78, 5) is 0. The minimum Gasteiger partial charge on any atom is -0.419 e. The molecular formula is C5H4N4O2. The zero-order valence-electron chi connectivity index (χ0n) is 5.64. The van der Waals surface area contributed by atoms with E-state index in [4.69, 9.17) is 14.9 Å². The van der Waals surface area contributed by atoms with Crippen molar-refractivity contribution in [2.75, 3.05) is 0 Å². The Morgan fingerprint density at radius 1 is 1.73 bits per heavy atom. The zero-order chi connectivity index (χ0) is 8.27. The fourth-order valence-corrected chi connectivity index (χ4v) is 0.505. The van der Waals surface area contributed by atoms with E-state index < -0.39 is 0 Å². The molecule has 0 radical (unpaired) electrons. The molecule has 6 nitrogen and oxygen atoms in total. The smallest absolute Gasteiger partial charge is 0.280 e. The van der Waals surface area contributed by atoms with Crippen LogP contribution in [0.3, 0.4) is 0 Å². The summed E-state index contributed by atoms with van der Waals surface area (Å²) in [6, 6.07) is 1.59. The van der Waals surface area contributed by atoms with Crippen molar-refractivity contribution in [2.45, 2.75) is 6.92 Å². The van der Waals surface area contributed by atoms with Crippen LogP contribution in [0.15, 0.2) is 9.57 Å². The van der Waals surface area contributed by atoms with Gasteiger partial charge in [0.1, 0.15) is 6.07 Å². The highest BCUT2D eigenvalue weighted by atomic mass is 16.4. The predicted molar refractivity (Wildman–Crippen MR) is 33.0 cm³/mol. The second kappa shape index (κ2) is 2.79. The van der Waals surface area contributed by atoms with Crippen LogP contribution in [0.25, 0.3) is 0 Å². The summed E-state index contributed by atoms with van der Waals surface area (Å²) in [7, 11) is 0. The van der Waals surface area contributed by atoms with E-state index in [-0.39, 0.29) is 11.6 Å². The van der Waals surface area contributed by atoms with Crippen LogP contribution >= 0.6 is 0 Å². The molecule has 1 heterocycles. The first-order valence-electron chi connectivity index (χ1n) is 2.70. The number of nitriles is 1. The largest absolute Gasteiger partial charge is 0.419 e. The van der Waals surface area contributed by atoms with Crippen LogP contribution in [-0.4, -0.2) is 21.1 Å². The monoisotopic (exact) mass is 152 g/mol. The third-order valence-corrected chi connectivity index (χ3v) is 0.935. The minimum absolute atomic E-state index is 0.0764. The lowest BCUT2D eigenvalue weighted by Crippen LogP contribution is -1.96. The summed E-state index contributed by atoms with van der Waals surface area (Å²) in [6.07, 6.45) is 0. The minimum atomic E-state index is -0.286. The van der Waals surface area contributed by atoms with Crippen molar-refractivity contribution in [1.29, 1.82) is 5.26 Å². The summed E-state index contributed by atoms with van der Waals surface area (Å²) in [6.45, 7) is 1.57. The second-order valence-electron chi connectivity index (χ2n) is 1.69. The Morgan fingerprint density at radius 3 is 2.82 bits per heavy atom. The first-order chi connectivity index (χ1) is 5.27. The van der Waals surface area contributed by atoms with Crippen molar-refractivity contribution in [3.63, 3.8) is 0 Å². The van der Waals surface area contributed by atoms with E-state index in [0.29, 0.717) is 5.89 Å². The third kappa shape index (κ3) is 1.32. The summed E-state index contributed by atoms with van der Waals surface area (Å²) in [5.74, 6) is 0.240. The predicted octanol–water partition coefficient (Wildman–Crippen LogP) is 0.0799. The molecule has 1 N–H and O–H groups in total. The van der Waals surface area contributed by atoms with E-state index in [2.05, 4.69) is 15.4 Å². The summed E-state index contributed by atoms with van der Waals surface area (Å²) >= 11 is 0. The molecule has 0 bridgehead atoms. The maximum atomic E-state index is 8.32. The molecule has 0 amide bonds. The number of hydrogen-bond acceptors (Lipinski definition) is 6. The Hall–Kier alpha value is -1.90. The van der Waals surface area contributed by atoms with Gasteiger partial charge in [-0.15, -0.1) is 10.2 Å². The van der Waals surface area contributed by atoms with Crippen molar-refractivity contribution in [2.24, 2.45) is 5.16 Å². The number of hydrogen-bond donors (Lipinski definition) is 1. The summed E-state index contributed by atoms with van der Waals surface area (Å²) in [5.41, 5.74) is -0.286.